The van der Waals surface area contributed by atoms with E-state index in [1.165, 1.54) is 37.1 Å². The molecule has 194 valence electrons. The Labute approximate surface area is 224 Å². The second-order valence-electron chi connectivity index (χ2n) is 11.3. The number of hydrazone groups is 1. The summed E-state index contributed by atoms with van der Waals surface area (Å²) in [6.07, 6.45) is 6.07. The molecule has 0 N–H and O–H groups in total. The minimum Gasteiger partial charge on any atom is -0.345 e. The largest absolute Gasteiger partial charge is 0.345 e. The monoisotopic (exact) mass is 516 g/mol. The van der Waals surface area contributed by atoms with Crippen molar-refractivity contribution < 1.29 is 0 Å². The summed E-state index contributed by atoms with van der Waals surface area (Å²) in [5.41, 5.74) is 3.11. The molecule has 3 aromatic rings. The van der Waals surface area contributed by atoms with Crippen LogP contribution in [-0.4, -0.2) is 68.3 Å². The lowest BCUT2D eigenvalue weighted by Gasteiger charge is -2.30. The molecule has 2 fully saturated rings. The van der Waals surface area contributed by atoms with Gasteiger partial charge >= 0.3 is 0 Å². The summed E-state index contributed by atoms with van der Waals surface area (Å²) in [7, 11) is 2.21. The van der Waals surface area contributed by atoms with E-state index in [9.17, 15) is 5.26 Å². The summed E-state index contributed by atoms with van der Waals surface area (Å²) < 4.78 is 1.91. The molecule has 0 atom stereocenters. The molecule has 9 heteroatoms. The van der Waals surface area contributed by atoms with Crippen LogP contribution in [0.5, 0.6) is 0 Å². The second kappa shape index (κ2) is 10.7. The van der Waals surface area contributed by atoms with E-state index in [0.29, 0.717) is 23.9 Å². The van der Waals surface area contributed by atoms with Crippen LogP contribution in [0.2, 0.25) is 0 Å². The zero-order valence-electron chi connectivity index (χ0n) is 22.3. The number of likely N-dealkylation sites (tertiary alicyclic amines) is 1. The lowest BCUT2D eigenvalue weighted by molar-refractivity contribution is 0.255. The topological polar surface area (TPSA) is 76.1 Å². The van der Waals surface area contributed by atoms with Crippen molar-refractivity contribution in [2.75, 3.05) is 44.0 Å². The summed E-state index contributed by atoms with van der Waals surface area (Å²) in [5, 5.41) is 17.7. The highest BCUT2D eigenvalue weighted by Crippen LogP contribution is 2.30. The maximum absolute atomic E-state index is 9.56. The Bertz CT molecular complexity index is 1290. The standard InChI is InChI=1S/C28H36N8S/c1-28(2,3)20-36(25-17-24(18-29)31-26-30-11-14-35(25)26)32-27-34(15-16-37-27)19-21-5-7-22(8-6-21)23-9-12-33(4)13-10-23/h5-8,11,14,17,23H,9-10,12-13,15-16,19-20H2,1-4H3. The second-order valence-corrected chi connectivity index (χ2v) is 12.4. The van der Waals surface area contributed by atoms with E-state index in [4.69, 9.17) is 5.10 Å². The van der Waals surface area contributed by atoms with Crippen LogP contribution in [0.3, 0.4) is 0 Å². The first-order chi connectivity index (χ1) is 17.8. The predicted molar refractivity (Wildman–Crippen MR) is 151 cm³/mol. The van der Waals surface area contributed by atoms with E-state index >= 15 is 0 Å². The van der Waals surface area contributed by atoms with Crippen molar-refractivity contribution in [3.63, 3.8) is 0 Å². The average Bonchev–Trinajstić information content (AvgIpc) is 3.52. The van der Waals surface area contributed by atoms with E-state index < -0.39 is 0 Å². The Morgan fingerprint density at radius 1 is 1.16 bits per heavy atom. The third-order valence-electron chi connectivity index (χ3n) is 6.97. The van der Waals surface area contributed by atoms with Crippen LogP contribution in [0.4, 0.5) is 5.82 Å². The fourth-order valence-electron chi connectivity index (χ4n) is 5.00. The van der Waals surface area contributed by atoms with Gasteiger partial charge in [0, 0.05) is 43.8 Å². The maximum atomic E-state index is 9.56. The van der Waals surface area contributed by atoms with Gasteiger partial charge in [-0.2, -0.15) is 5.26 Å². The molecule has 0 radical (unpaired) electrons. The third-order valence-corrected chi connectivity index (χ3v) is 7.95. The van der Waals surface area contributed by atoms with Crippen molar-refractivity contribution in [2.45, 2.75) is 46.1 Å². The molecule has 2 saturated heterocycles. The van der Waals surface area contributed by atoms with E-state index in [0.717, 1.165) is 29.8 Å². The Morgan fingerprint density at radius 2 is 1.92 bits per heavy atom. The molecule has 0 saturated carbocycles. The molecule has 0 spiro atoms. The first kappa shape index (κ1) is 25.6. The number of imidazole rings is 1. The molecular weight excluding hydrogens is 480 g/mol. The predicted octanol–water partition coefficient (Wildman–Crippen LogP) is 4.78. The Hall–Kier alpha value is -3.09. The van der Waals surface area contributed by atoms with Gasteiger partial charge in [0.25, 0.3) is 0 Å². The van der Waals surface area contributed by atoms with Crippen LogP contribution >= 0.6 is 11.8 Å². The van der Waals surface area contributed by atoms with Crippen molar-refractivity contribution in [3.05, 3.63) is 59.5 Å². The van der Waals surface area contributed by atoms with Gasteiger partial charge in [-0.05, 0) is 55.4 Å². The molecule has 2 aliphatic rings. The molecule has 0 aliphatic carbocycles. The lowest BCUT2D eigenvalue weighted by Crippen LogP contribution is -2.33. The van der Waals surface area contributed by atoms with Gasteiger partial charge in [-0.15, -0.1) is 5.10 Å². The number of anilines is 1. The van der Waals surface area contributed by atoms with Crippen molar-refractivity contribution in [1.82, 2.24) is 24.2 Å². The van der Waals surface area contributed by atoms with Crippen LogP contribution in [-0.2, 0) is 6.54 Å². The number of hydrogen-bond acceptors (Lipinski definition) is 7. The van der Waals surface area contributed by atoms with E-state index in [-0.39, 0.29) is 5.41 Å². The van der Waals surface area contributed by atoms with Crippen molar-refractivity contribution >= 4 is 28.5 Å². The molecule has 2 aliphatic heterocycles. The summed E-state index contributed by atoms with van der Waals surface area (Å²) in [6.45, 7) is 11.4. The van der Waals surface area contributed by atoms with Gasteiger partial charge in [-0.1, -0.05) is 56.8 Å². The highest BCUT2D eigenvalue weighted by atomic mass is 32.2. The number of benzene rings is 1. The molecule has 4 heterocycles. The van der Waals surface area contributed by atoms with Gasteiger partial charge < -0.3 is 9.80 Å². The third kappa shape index (κ3) is 6.08. The summed E-state index contributed by atoms with van der Waals surface area (Å²) in [5.74, 6) is 3.00. The van der Waals surface area contributed by atoms with E-state index in [1.54, 1.807) is 24.0 Å². The number of thioether (sulfide) groups is 1. The van der Waals surface area contributed by atoms with Crippen LogP contribution in [0.15, 0.2) is 47.8 Å². The Morgan fingerprint density at radius 3 is 2.62 bits per heavy atom. The molecular formula is C28H36N8S. The number of nitriles is 1. The Kier molecular flexibility index (Phi) is 7.40. The fraction of sp³-hybridized carbons (Fsp3) is 0.500. The summed E-state index contributed by atoms with van der Waals surface area (Å²) in [4.78, 5) is 13.4. The zero-order chi connectivity index (χ0) is 26.0. The molecule has 37 heavy (non-hydrogen) atoms. The van der Waals surface area contributed by atoms with Gasteiger partial charge in [0.15, 0.2) is 5.17 Å². The quantitative estimate of drug-likeness (QED) is 0.436. The summed E-state index contributed by atoms with van der Waals surface area (Å²) >= 11 is 1.79. The van der Waals surface area contributed by atoms with E-state index in [2.05, 4.69) is 77.9 Å². The van der Waals surface area contributed by atoms with Gasteiger partial charge in [-0.3, -0.25) is 4.40 Å². The first-order valence-electron chi connectivity index (χ1n) is 13.0. The van der Waals surface area contributed by atoms with Crippen molar-refractivity contribution in [1.29, 1.82) is 5.26 Å². The molecule has 5 rings (SSSR count). The first-order valence-corrected chi connectivity index (χ1v) is 14.0. The van der Waals surface area contributed by atoms with E-state index in [1.807, 2.05) is 15.6 Å². The van der Waals surface area contributed by atoms with Crippen molar-refractivity contribution in [2.24, 2.45) is 10.5 Å². The normalized spacial score (nSPS) is 18.6. The molecule has 0 amide bonds. The van der Waals surface area contributed by atoms with Crippen molar-refractivity contribution in [3.8, 4) is 6.07 Å². The molecule has 0 unspecified atom stereocenters. The maximum Gasteiger partial charge on any atom is 0.236 e. The molecule has 0 bridgehead atoms. The number of amidine groups is 1. The van der Waals surface area contributed by atoms with Gasteiger partial charge in [0.2, 0.25) is 5.78 Å². The van der Waals surface area contributed by atoms with Gasteiger partial charge in [0.1, 0.15) is 17.6 Å². The SMILES string of the molecule is CN1CCC(c2ccc(CN3CCSC3=NN(CC(C)(C)C)c3cc(C#N)nc4nccn34)cc2)CC1. The zero-order valence-corrected chi connectivity index (χ0v) is 23.1. The summed E-state index contributed by atoms with van der Waals surface area (Å²) in [6, 6.07) is 13.2. The van der Waals surface area contributed by atoms with Gasteiger partial charge in [-0.25, -0.2) is 15.0 Å². The number of rotatable bonds is 6. The van der Waals surface area contributed by atoms with Crippen LogP contribution in [0.25, 0.3) is 5.78 Å². The number of aromatic nitrogens is 3. The van der Waals surface area contributed by atoms with Crippen LogP contribution in [0.1, 0.15) is 56.4 Å². The number of piperidine rings is 1. The van der Waals surface area contributed by atoms with Crippen LogP contribution < -0.4 is 5.01 Å². The highest BCUT2D eigenvalue weighted by Gasteiger charge is 2.25. The lowest BCUT2D eigenvalue weighted by atomic mass is 9.89. The molecule has 8 nitrogen and oxygen atoms in total. The molecule has 2 aromatic heterocycles. The molecule has 1 aromatic carbocycles. The van der Waals surface area contributed by atoms with Crippen LogP contribution in [0, 0.1) is 16.7 Å². The highest BCUT2D eigenvalue weighted by molar-refractivity contribution is 8.14. The Balaban J connectivity index is 1.38. The number of fused-ring (bicyclic) bond motifs is 1. The average molecular weight is 517 g/mol. The van der Waals surface area contributed by atoms with Gasteiger partial charge in [0.05, 0.1) is 0 Å². The minimum atomic E-state index is -0.00903. The fourth-order valence-corrected chi connectivity index (χ4v) is 5.98. The number of hydrogen-bond donors (Lipinski definition) is 0. The number of nitrogens with zero attached hydrogens (tertiary/aromatic N) is 8. The smallest absolute Gasteiger partial charge is 0.236 e. The minimum absolute atomic E-state index is 0.00903.